The van der Waals surface area contributed by atoms with E-state index in [-0.39, 0.29) is 12.5 Å². The van der Waals surface area contributed by atoms with E-state index in [4.69, 9.17) is 18.9 Å². The first-order valence-electron chi connectivity index (χ1n) is 7.88. The number of ether oxygens (including phenoxy) is 4. The van der Waals surface area contributed by atoms with Crippen molar-refractivity contribution in [3.63, 3.8) is 0 Å². The molecule has 0 spiro atoms. The SMILES string of the molecule is COc1cc(OC)c(OC)cc1/C=N\NC(=O)COc1cccc(C)c1. The van der Waals surface area contributed by atoms with Gasteiger partial charge in [0.05, 0.1) is 27.5 Å². The molecule has 0 unspecified atom stereocenters. The number of aryl methyl sites for hydroxylation is 1. The van der Waals surface area contributed by atoms with E-state index in [0.29, 0.717) is 28.6 Å². The second-order valence-electron chi connectivity index (χ2n) is 5.35. The molecule has 0 aliphatic carbocycles. The molecule has 0 atom stereocenters. The minimum atomic E-state index is -0.373. The van der Waals surface area contributed by atoms with E-state index in [1.54, 1.807) is 25.3 Å². The molecule has 0 saturated heterocycles. The van der Waals surface area contributed by atoms with E-state index in [1.807, 2.05) is 25.1 Å². The average Bonchev–Trinajstić information content (AvgIpc) is 2.66. The van der Waals surface area contributed by atoms with Gasteiger partial charge in [-0.2, -0.15) is 5.10 Å². The lowest BCUT2D eigenvalue weighted by atomic mass is 10.2. The van der Waals surface area contributed by atoms with Crippen LogP contribution < -0.4 is 24.4 Å². The zero-order valence-electron chi connectivity index (χ0n) is 15.2. The van der Waals surface area contributed by atoms with E-state index in [2.05, 4.69) is 10.5 Å². The number of carbonyl (C=O) groups excluding carboxylic acids is 1. The average molecular weight is 358 g/mol. The van der Waals surface area contributed by atoms with Crippen LogP contribution in [0.3, 0.4) is 0 Å². The molecule has 2 aromatic rings. The van der Waals surface area contributed by atoms with E-state index >= 15 is 0 Å². The molecule has 138 valence electrons. The van der Waals surface area contributed by atoms with Gasteiger partial charge < -0.3 is 18.9 Å². The van der Waals surface area contributed by atoms with Gasteiger partial charge in [0, 0.05) is 11.6 Å². The van der Waals surface area contributed by atoms with Crippen LogP contribution >= 0.6 is 0 Å². The summed E-state index contributed by atoms with van der Waals surface area (Å²) in [6.07, 6.45) is 1.46. The number of benzene rings is 2. The van der Waals surface area contributed by atoms with Crippen molar-refractivity contribution in [2.24, 2.45) is 5.10 Å². The first-order valence-corrected chi connectivity index (χ1v) is 7.88. The molecule has 1 N–H and O–H groups in total. The molecule has 0 radical (unpaired) electrons. The van der Waals surface area contributed by atoms with Gasteiger partial charge in [0.1, 0.15) is 11.5 Å². The number of hydrogen-bond donors (Lipinski definition) is 1. The number of hydrazone groups is 1. The highest BCUT2D eigenvalue weighted by molar-refractivity contribution is 5.86. The number of carbonyl (C=O) groups is 1. The molecular weight excluding hydrogens is 336 g/mol. The number of methoxy groups -OCH3 is 3. The Hall–Kier alpha value is -3.22. The van der Waals surface area contributed by atoms with Gasteiger partial charge in [-0.15, -0.1) is 0 Å². The number of amides is 1. The van der Waals surface area contributed by atoms with Crippen LogP contribution in [-0.2, 0) is 4.79 Å². The number of nitrogens with one attached hydrogen (secondary N) is 1. The fraction of sp³-hybridized carbons (Fsp3) is 0.263. The molecule has 0 aliphatic rings. The molecule has 0 heterocycles. The third kappa shape index (κ3) is 5.14. The highest BCUT2D eigenvalue weighted by atomic mass is 16.5. The van der Waals surface area contributed by atoms with Gasteiger partial charge in [-0.05, 0) is 30.7 Å². The van der Waals surface area contributed by atoms with Gasteiger partial charge >= 0.3 is 0 Å². The predicted octanol–water partition coefficient (Wildman–Crippen LogP) is 2.55. The molecule has 2 aromatic carbocycles. The minimum Gasteiger partial charge on any atom is -0.496 e. The molecular formula is C19H22N2O5. The van der Waals surface area contributed by atoms with Gasteiger partial charge in [0.25, 0.3) is 5.91 Å². The van der Waals surface area contributed by atoms with Crippen molar-refractivity contribution in [2.75, 3.05) is 27.9 Å². The Kier molecular flexibility index (Phi) is 6.84. The second kappa shape index (κ2) is 9.31. The number of rotatable bonds is 8. The highest BCUT2D eigenvalue weighted by Crippen LogP contribution is 2.33. The summed E-state index contributed by atoms with van der Waals surface area (Å²) in [5.74, 6) is 1.87. The fourth-order valence-corrected chi connectivity index (χ4v) is 2.21. The van der Waals surface area contributed by atoms with Crippen molar-refractivity contribution in [1.82, 2.24) is 5.43 Å². The van der Waals surface area contributed by atoms with Crippen LogP contribution in [0, 0.1) is 6.92 Å². The summed E-state index contributed by atoms with van der Waals surface area (Å²) in [6.45, 7) is 1.82. The zero-order valence-corrected chi connectivity index (χ0v) is 15.2. The predicted molar refractivity (Wildman–Crippen MR) is 98.5 cm³/mol. The molecule has 0 aromatic heterocycles. The first-order chi connectivity index (χ1) is 12.6. The lowest BCUT2D eigenvalue weighted by molar-refractivity contribution is -0.123. The van der Waals surface area contributed by atoms with Crippen molar-refractivity contribution in [3.8, 4) is 23.0 Å². The van der Waals surface area contributed by atoms with Gasteiger partial charge in [0.15, 0.2) is 18.1 Å². The standard InChI is InChI=1S/C19H22N2O5/c1-13-6-5-7-15(8-13)26-12-19(22)21-20-11-14-9-17(24-3)18(25-4)10-16(14)23-2/h5-11H,12H2,1-4H3,(H,21,22)/b20-11-. The molecule has 0 aliphatic heterocycles. The molecule has 0 fully saturated rings. The van der Waals surface area contributed by atoms with Gasteiger partial charge in [-0.25, -0.2) is 5.43 Å². The van der Waals surface area contributed by atoms with Crippen LogP contribution in [0.5, 0.6) is 23.0 Å². The molecule has 26 heavy (non-hydrogen) atoms. The van der Waals surface area contributed by atoms with Crippen molar-refractivity contribution in [2.45, 2.75) is 6.92 Å². The van der Waals surface area contributed by atoms with E-state index in [1.165, 1.54) is 20.4 Å². The van der Waals surface area contributed by atoms with E-state index < -0.39 is 0 Å². The number of hydrogen-bond acceptors (Lipinski definition) is 6. The zero-order chi connectivity index (χ0) is 18.9. The maximum absolute atomic E-state index is 11.8. The molecule has 1 amide bonds. The monoisotopic (exact) mass is 358 g/mol. The van der Waals surface area contributed by atoms with Crippen molar-refractivity contribution < 1.29 is 23.7 Å². The summed E-state index contributed by atoms with van der Waals surface area (Å²) < 4.78 is 21.2. The van der Waals surface area contributed by atoms with Crippen LogP contribution in [0.4, 0.5) is 0 Å². The Morgan fingerprint density at radius 1 is 1.04 bits per heavy atom. The maximum atomic E-state index is 11.8. The Morgan fingerprint density at radius 3 is 2.38 bits per heavy atom. The second-order valence-corrected chi connectivity index (χ2v) is 5.35. The van der Waals surface area contributed by atoms with Crippen LogP contribution in [0.2, 0.25) is 0 Å². The quantitative estimate of drug-likeness (QED) is 0.580. The Morgan fingerprint density at radius 2 is 1.73 bits per heavy atom. The van der Waals surface area contributed by atoms with E-state index in [9.17, 15) is 4.79 Å². The Balaban J connectivity index is 1.97. The van der Waals surface area contributed by atoms with Crippen LogP contribution in [0.1, 0.15) is 11.1 Å². The molecule has 7 nitrogen and oxygen atoms in total. The lowest BCUT2D eigenvalue weighted by Gasteiger charge is -2.11. The van der Waals surface area contributed by atoms with Crippen LogP contribution in [0.15, 0.2) is 41.5 Å². The van der Waals surface area contributed by atoms with E-state index in [0.717, 1.165) is 5.56 Å². The normalized spacial score (nSPS) is 10.5. The summed E-state index contributed by atoms with van der Waals surface area (Å²) in [5.41, 5.74) is 4.10. The topological polar surface area (TPSA) is 78.4 Å². The van der Waals surface area contributed by atoms with Gasteiger partial charge in [0.2, 0.25) is 0 Å². The summed E-state index contributed by atoms with van der Waals surface area (Å²) in [6, 6.07) is 10.8. The Bertz CT molecular complexity index is 789. The lowest BCUT2D eigenvalue weighted by Crippen LogP contribution is -2.24. The third-order valence-corrected chi connectivity index (χ3v) is 3.49. The molecule has 7 heteroatoms. The summed E-state index contributed by atoms with van der Waals surface area (Å²) in [7, 11) is 4.61. The van der Waals surface area contributed by atoms with Crippen molar-refractivity contribution in [1.29, 1.82) is 0 Å². The maximum Gasteiger partial charge on any atom is 0.277 e. The van der Waals surface area contributed by atoms with Gasteiger partial charge in [-0.1, -0.05) is 12.1 Å². The van der Waals surface area contributed by atoms with Crippen LogP contribution in [-0.4, -0.2) is 40.1 Å². The van der Waals surface area contributed by atoms with Gasteiger partial charge in [-0.3, -0.25) is 4.79 Å². The third-order valence-electron chi connectivity index (χ3n) is 3.49. The molecule has 0 bridgehead atoms. The summed E-state index contributed by atoms with van der Waals surface area (Å²) >= 11 is 0. The van der Waals surface area contributed by atoms with Crippen LogP contribution in [0.25, 0.3) is 0 Å². The van der Waals surface area contributed by atoms with Crippen molar-refractivity contribution in [3.05, 3.63) is 47.5 Å². The largest absolute Gasteiger partial charge is 0.496 e. The Labute approximate surface area is 152 Å². The smallest absolute Gasteiger partial charge is 0.277 e. The minimum absolute atomic E-state index is 0.135. The summed E-state index contributed by atoms with van der Waals surface area (Å²) in [4.78, 5) is 11.8. The summed E-state index contributed by atoms with van der Waals surface area (Å²) in [5, 5.41) is 3.93. The fourth-order valence-electron chi connectivity index (χ4n) is 2.21. The molecule has 2 rings (SSSR count). The van der Waals surface area contributed by atoms with Crippen molar-refractivity contribution >= 4 is 12.1 Å². The first kappa shape index (κ1) is 19.1. The molecule has 0 saturated carbocycles. The highest BCUT2D eigenvalue weighted by Gasteiger charge is 2.10. The number of nitrogens with zero attached hydrogens (tertiary/aromatic N) is 1.